The molecule has 0 spiro atoms. The van der Waals surface area contributed by atoms with Crippen LogP contribution in [-0.2, 0) is 17.9 Å². The number of carbonyl (C=O) groups is 1. The first-order chi connectivity index (χ1) is 13.7. The van der Waals surface area contributed by atoms with Crippen LogP contribution in [0.1, 0.15) is 43.4 Å². The third-order valence-electron chi connectivity index (χ3n) is 4.92. The van der Waals surface area contributed by atoms with E-state index in [0.717, 1.165) is 24.1 Å². The Bertz CT molecular complexity index is 752. The quantitative estimate of drug-likeness (QED) is 0.649. The van der Waals surface area contributed by atoms with E-state index in [1.165, 1.54) is 19.3 Å². The van der Waals surface area contributed by atoms with E-state index in [9.17, 15) is 4.79 Å². The van der Waals surface area contributed by atoms with Crippen LogP contribution in [0.5, 0.6) is 11.5 Å². The van der Waals surface area contributed by atoms with Crippen molar-refractivity contribution in [1.29, 1.82) is 0 Å². The van der Waals surface area contributed by atoms with Crippen LogP contribution in [0.2, 0.25) is 0 Å². The number of benzene rings is 1. The van der Waals surface area contributed by atoms with Crippen molar-refractivity contribution in [2.24, 2.45) is 0 Å². The van der Waals surface area contributed by atoms with Crippen LogP contribution in [-0.4, -0.2) is 30.6 Å². The summed E-state index contributed by atoms with van der Waals surface area (Å²) < 4.78 is 11.1. The lowest BCUT2D eigenvalue weighted by Gasteiger charge is -2.22. The van der Waals surface area contributed by atoms with E-state index in [4.69, 9.17) is 9.47 Å². The molecule has 1 aliphatic rings. The summed E-state index contributed by atoms with van der Waals surface area (Å²) in [6.07, 6.45) is 7.56. The molecule has 2 aromatic rings. The van der Waals surface area contributed by atoms with Crippen molar-refractivity contribution in [3.8, 4) is 11.5 Å². The first-order valence-corrected chi connectivity index (χ1v) is 9.94. The molecule has 1 heterocycles. The minimum absolute atomic E-state index is 0. The molecule has 3 rings (SSSR count). The summed E-state index contributed by atoms with van der Waals surface area (Å²) in [4.78, 5) is 16.4. The molecule has 1 amide bonds. The molecular formula is C22H30ClN3O3. The number of ether oxygens (including phenoxy) is 2. The van der Waals surface area contributed by atoms with Crippen molar-refractivity contribution >= 4 is 18.3 Å². The van der Waals surface area contributed by atoms with Crippen molar-refractivity contribution in [3.63, 3.8) is 0 Å². The lowest BCUT2D eigenvalue weighted by atomic mass is 9.95. The zero-order valence-corrected chi connectivity index (χ0v) is 17.7. The van der Waals surface area contributed by atoms with Crippen LogP contribution in [0.4, 0.5) is 0 Å². The molecule has 0 atom stereocenters. The van der Waals surface area contributed by atoms with E-state index in [1.807, 2.05) is 36.4 Å². The summed E-state index contributed by atoms with van der Waals surface area (Å²) in [5.74, 6) is 1.13. The van der Waals surface area contributed by atoms with Gasteiger partial charge in [0.05, 0.1) is 12.8 Å². The highest BCUT2D eigenvalue weighted by Crippen LogP contribution is 2.28. The van der Waals surface area contributed by atoms with Crippen molar-refractivity contribution in [1.82, 2.24) is 15.6 Å². The molecule has 6 nitrogen and oxygen atoms in total. The summed E-state index contributed by atoms with van der Waals surface area (Å²) in [6.45, 7) is 1.39. The molecule has 1 fully saturated rings. The highest BCUT2D eigenvalue weighted by molar-refractivity contribution is 5.85. The van der Waals surface area contributed by atoms with E-state index < -0.39 is 0 Å². The molecule has 0 unspecified atom stereocenters. The van der Waals surface area contributed by atoms with E-state index in [-0.39, 0.29) is 24.9 Å². The Morgan fingerprint density at radius 3 is 2.66 bits per heavy atom. The van der Waals surface area contributed by atoms with Gasteiger partial charge in [-0.1, -0.05) is 31.4 Å². The van der Waals surface area contributed by atoms with Crippen molar-refractivity contribution < 1.29 is 14.3 Å². The van der Waals surface area contributed by atoms with Crippen molar-refractivity contribution in [2.45, 2.75) is 51.2 Å². The van der Waals surface area contributed by atoms with Crippen LogP contribution >= 0.6 is 12.4 Å². The first kappa shape index (κ1) is 23.0. The minimum atomic E-state index is -0.0740. The molecule has 2 N–H and O–H groups in total. The predicted molar refractivity (Wildman–Crippen MR) is 116 cm³/mol. The van der Waals surface area contributed by atoms with Crippen LogP contribution in [0, 0.1) is 0 Å². The number of amides is 1. The Kier molecular flexibility index (Phi) is 9.74. The van der Waals surface area contributed by atoms with E-state index in [1.54, 1.807) is 13.3 Å². The summed E-state index contributed by atoms with van der Waals surface area (Å²) >= 11 is 0. The summed E-state index contributed by atoms with van der Waals surface area (Å²) in [7, 11) is 1.61. The summed E-state index contributed by atoms with van der Waals surface area (Å²) in [6, 6.07) is 11.9. The van der Waals surface area contributed by atoms with Crippen molar-refractivity contribution in [2.75, 3.05) is 13.7 Å². The number of hydrogen-bond acceptors (Lipinski definition) is 5. The second kappa shape index (κ2) is 12.3. The van der Waals surface area contributed by atoms with Gasteiger partial charge in [0.15, 0.2) is 18.1 Å². The van der Waals surface area contributed by atoms with Gasteiger partial charge in [0.25, 0.3) is 5.91 Å². The van der Waals surface area contributed by atoms with Gasteiger partial charge in [-0.3, -0.25) is 9.78 Å². The molecule has 29 heavy (non-hydrogen) atoms. The largest absolute Gasteiger partial charge is 0.493 e. The number of nitrogens with zero attached hydrogens (tertiary/aromatic N) is 1. The minimum Gasteiger partial charge on any atom is -0.493 e. The van der Waals surface area contributed by atoms with Gasteiger partial charge in [-0.25, -0.2) is 0 Å². The topological polar surface area (TPSA) is 72.5 Å². The lowest BCUT2D eigenvalue weighted by molar-refractivity contribution is -0.124. The number of halogens is 1. The van der Waals surface area contributed by atoms with E-state index in [0.29, 0.717) is 30.6 Å². The van der Waals surface area contributed by atoms with E-state index in [2.05, 4.69) is 15.6 Å². The third kappa shape index (κ3) is 7.55. The lowest BCUT2D eigenvalue weighted by Crippen LogP contribution is -2.39. The Morgan fingerprint density at radius 2 is 1.93 bits per heavy atom. The van der Waals surface area contributed by atoms with Crippen LogP contribution in [0.15, 0.2) is 42.6 Å². The van der Waals surface area contributed by atoms with Crippen LogP contribution in [0.3, 0.4) is 0 Å². The van der Waals surface area contributed by atoms with Gasteiger partial charge in [0, 0.05) is 25.3 Å². The second-order valence-corrected chi connectivity index (χ2v) is 7.10. The monoisotopic (exact) mass is 419 g/mol. The maximum atomic E-state index is 12.1. The Hall–Kier alpha value is -2.31. The zero-order chi connectivity index (χ0) is 19.6. The number of aromatic nitrogens is 1. The molecule has 1 saturated carbocycles. The van der Waals surface area contributed by atoms with Gasteiger partial charge in [-0.2, -0.15) is 0 Å². The summed E-state index contributed by atoms with van der Waals surface area (Å²) in [5, 5.41) is 6.42. The fourth-order valence-corrected chi connectivity index (χ4v) is 3.44. The van der Waals surface area contributed by atoms with Gasteiger partial charge in [0.2, 0.25) is 0 Å². The maximum absolute atomic E-state index is 12.1. The highest BCUT2D eigenvalue weighted by atomic mass is 35.5. The molecule has 0 aliphatic heterocycles. The standard InChI is InChI=1S/C22H29N3O3.ClH/c1-27-21-13-17(14-23-15-19-9-5-6-12-24-19)10-11-20(21)28-16-22(26)25-18-7-3-2-4-8-18;/h5-6,9-13,18,23H,2-4,7-8,14-16H2,1H3,(H,25,26);1H. The molecule has 0 radical (unpaired) electrons. The molecule has 0 saturated heterocycles. The van der Waals surface area contributed by atoms with Gasteiger partial charge >= 0.3 is 0 Å². The molecule has 0 bridgehead atoms. The smallest absolute Gasteiger partial charge is 0.258 e. The van der Waals surface area contributed by atoms with Crippen molar-refractivity contribution in [3.05, 3.63) is 53.9 Å². The molecule has 158 valence electrons. The first-order valence-electron chi connectivity index (χ1n) is 9.94. The third-order valence-corrected chi connectivity index (χ3v) is 4.92. The Balaban J connectivity index is 0.00000300. The normalized spacial score (nSPS) is 14.0. The highest BCUT2D eigenvalue weighted by Gasteiger charge is 2.16. The second-order valence-electron chi connectivity index (χ2n) is 7.10. The molecule has 1 aromatic carbocycles. The van der Waals surface area contributed by atoms with Gasteiger partial charge in [-0.05, 0) is 42.7 Å². The maximum Gasteiger partial charge on any atom is 0.258 e. The fraction of sp³-hybridized carbons (Fsp3) is 0.455. The SMILES string of the molecule is COc1cc(CNCc2ccccn2)ccc1OCC(=O)NC1CCCCC1.Cl. The van der Waals surface area contributed by atoms with Crippen LogP contribution < -0.4 is 20.1 Å². The van der Waals surface area contributed by atoms with Crippen LogP contribution in [0.25, 0.3) is 0 Å². The van der Waals surface area contributed by atoms with E-state index >= 15 is 0 Å². The molecular weight excluding hydrogens is 390 g/mol. The molecule has 1 aliphatic carbocycles. The predicted octanol–water partition coefficient (Wildman–Crippen LogP) is 3.63. The number of carbonyl (C=O) groups excluding carboxylic acids is 1. The van der Waals surface area contributed by atoms with Gasteiger partial charge in [-0.15, -0.1) is 12.4 Å². The van der Waals surface area contributed by atoms with Gasteiger partial charge in [0.1, 0.15) is 0 Å². The molecule has 1 aromatic heterocycles. The Morgan fingerprint density at radius 1 is 1.10 bits per heavy atom. The molecule has 7 heteroatoms. The number of hydrogen-bond donors (Lipinski definition) is 2. The number of nitrogens with one attached hydrogen (secondary N) is 2. The number of pyridine rings is 1. The Labute approximate surface area is 178 Å². The average Bonchev–Trinajstić information content (AvgIpc) is 2.74. The number of rotatable bonds is 9. The fourth-order valence-electron chi connectivity index (χ4n) is 3.44. The zero-order valence-electron chi connectivity index (χ0n) is 16.9. The number of methoxy groups -OCH3 is 1. The average molecular weight is 420 g/mol. The van der Waals surface area contributed by atoms with Gasteiger partial charge < -0.3 is 20.1 Å². The summed E-state index contributed by atoms with van der Waals surface area (Å²) in [5.41, 5.74) is 2.07.